The van der Waals surface area contributed by atoms with Gasteiger partial charge in [0.2, 0.25) is 10.0 Å². The number of hydrogen-bond acceptors (Lipinski definition) is 5. The van der Waals surface area contributed by atoms with E-state index in [2.05, 4.69) is 5.32 Å². The van der Waals surface area contributed by atoms with Gasteiger partial charge in [-0.3, -0.25) is 9.10 Å². The van der Waals surface area contributed by atoms with Gasteiger partial charge in [0.15, 0.2) is 6.10 Å². The Hall–Kier alpha value is -2.74. The van der Waals surface area contributed by atoms with Crippen molar-refractivity contribution in [3.8, 4) is 11.5 Å². The lowest BCUT2D eigenvalue weighted by molar-refractivity contribution is -0.128. The van der Waals surface area contributed by atoms with Gasteiger partial charge in [0, 0.05) is 13.0 Å². The quantitative estimate of drug-likeness (QED) is 0.779. The van der Waals surface area contributed by atoms with Crippen LogP contribution in [0, 0.1) is 6.92 Å². The molecule has 8 heteroatoms. The van der Waals surface area contributed by atoms with Crippen molar-refractivity contribution in [2.75, 3.05) is 23.7 Å². The Labute approximate surface area is 171 Å². The molecule has 0 aromatic heterocycles. The maximum absolute atomic E-state index is 12.7. The van der Waals surface area contributed by atoms with Crippen LogP contribution in [0.2, 0.25) is 0 Å². The first-order valence-corrected chi connectivity index (χ1v) is 11.3. The van der Waals surface area contributed by atoms with Gasteiger partial charge in [0.05, 0.1) is 18.0 Å². The van der Waals surface area contributed by atoms with Gasteiger partial charge in [0.25, 0.3) is 5.91 Å². The number of para-hydroxylation sites is 2. The smallest absolute Gasteiger partial charge is 0.261 e. The van der Waals surface area contributed by atoms with Crippen molar-refractivity contribution >= 4 is 21.6 Å². The van der Waals surface area contributed by atoms with E-state index in [9.17, 15) is 13.2 Å². The molecule has 0 saturated carbocycles. The summed E-state index contributed by atoms with van der Waals surface area (Å²) in [7, 11) is -3.48. The summed E-state index contributed by atoms with van der Waals surface area (Å²) in [5.41, 5.74) is 1.59. The van der Waals surface area contributed by atoms with Crippen LogP contribution >= 0.6 is 0 Å². The van der Waals surface area contributed by atoms with Crippen LogP contribution in [0.4, 0.5) is 5.69 Å². The minimum atomic E-state index is -3.48. The Morgan fingerprint density at radius 1 is 1.24 bits per heavy atom. The molecule has 1 aliphatic heterocycles. The molecule has 3 rings (SSSR count). The van der Waals surface area contributed by atoms with Crippen molar-refractivity contribution in [1.82, 2.24) is 5.32 Å². The van der Waals surface area contributed by atoms with E-state index in [-0.39, 0.29) is 24.9 Å². The maximum Gasteiger partial charge on any atom is 0.261 e. The minimum absolute atomic E-state index is 0.169. The molecule has 7 nitrogen and oxygen atoms in total. The molecule has 2 atom stereocenters. The SMILES string of the molecule is Cc1ccc(OC[C@H](C)NC(=O)[C@@H]2CCN(S(C)(=O)=O)c3ccccc3O2)cc1. The van der Waals surface area contributed by atoms with E-state index in [1.807, 2.05) is 38.1 Å². The standard InChI is InChI=1S/C21H26N2O5S/c1-15-8-10-17(11-9-15)27-14-16(2)22-21(24)20-12-13-23(29(3,25)26)18-6-4-5-7-19(18)28-20/h4-11,16,20H,12-14H2,1-3H3,(H,22,24)/t16-,20-/m0/s1. The highest BCUT2D eigenvalue weighted by Crippen LogP contribution is 2.33. The zero-order chi connectivity index (χ0) is 21.0. The van der Waals surface area contributed by atoms with Gasteiger partial charge in [-0.1, -0.05) is 29.8 Å². The number of fused-ring (bicyclic) bond motifs is 1. The number of nitrogens with zero attached hydrogens (tertiary/aromatic N) is 1. The van der Waals surface area contributed by atoms with E-state index in [0.717, 1.165) is 17.6 Å². The maximum atomic E-state index is 12.7. The monoisotopic (exact) mass is 418 g/mol. The number of rotatable bonds is 6. The van der Waals surface area contributed by atoms with Gasteiger partial charge >= 0.3 is 0 Å². The molecular formula is C21H26N2O5S. The number of benzene rings is 2. The number of aryl methyl sites for hydroxylation is 1. The Morgan fingerprint density at radius 3 is 2.62 bits per heavy atom. The van der Waals surface area contributed by atoms with Gasteiger partial charge < -0.3 is 14.8 Å². The molecule has 1 amide bonds. The molecule has 0 saturated heterocycles. The highest BCUT2D eigenvalue weighted by Gasteiger charge is 2.31. The number of ether oxygens (including phenoxy) is 2. The zero-order valence-electron chi connectivity index (χ0n) is 16.8. The van der Waals surface area contributed by atoms with Crippen molar-refractivity contribution < 1.29 is 22.7 Å². The van der Waals surface area contributed by atoms with Crippen molar-refractivity contribution in [1.29, 1.82) is 0 Å². The second-order valence-corrected chi connectivity index (χ2v) is 9.14. The molecule has 0 spiro atoms. The first kappa shape index (κ1) is 21.0. The Balaban J connectivity index is 1.63. The highest BCUT2D eigenvalue weighted by molar-refractivity contribution is 7.92. The third-order valence-corrected chi connectivity index (χ3v) is 5.78. The molecule has 2 aromatic rings. The molecule has 29 heavy (non-hydrogen) atoms. The molecule has 156 valence electrons. The van der Waals surface area contributed by atoms with Crippen LogP contribution < -0.4 is 19.1 Å². The van der Waals surface area contributed by atoms with E-state index in [1.165, 1.54) is 4.31 Å². The first-order chi connectivity index (χ1) is 13.7. The van der Waals surface area contributed by atoms with Crippen molar-refractivity contribution in [3.05, 3.63) is 54.1 Å². The summed E-state index contributed by atoms with van der Waals surface area (Å²) in [6.07, 6.45) is 0.609. The van der Waals surface area contributed by atoms with E-state index in [4.69, 9.17) is 9.47 Å². The number of sulfonamides is 1. The molecule has 2 aromatic carbocycles. The lowest BCUT2D eigenvalue weighted by atomic mass is 10.2. The molecule has 0 bridgehead atoms. The van der Waals surface area contributed by atoms with Crippen LogP contribution in [0.25, 0.3) is 0 Å². The summed E-state index contributed by atoms with van der Waals surface area (Å²) in [6, 6.07) is 14.3. The Kier molecular flexibility index (Phi) is 6.32. The fourth-order valence-corrected chi connectivity index (χ4v) is 4.04. The fraction of sp³-hybridized carbons (Fsp3) is 0.381. The summed E-state index contributed by atoms with van der Waals surface area (Å²) in [5.74, 6) is 0.814. The summed E-state index contributed by atoms with van der Waals surface area (Å²) in [4.78, 5) is 12.7. The third kappa shape index (κ3) is 5.41. The molecule has 1 N–H and O–H groups in total. The zero-order valence-corrected chi connectivity index (χ0v) is 17.6. The number of amides is 1. The number of carbonyl (C=O) groups excluding carboxylic acids is 1. The van der Waals surface area contributed by atoms with Crippen molar-refractivity contribution in [3.63, 3.8) is 0 Å². The van der Waals surface area contributed by atoms with Gasteiger partial charge in [-0.25, -0.2) is 8.42 Å². The van der Waals surface area contributed by atoms with Crippen LogP contribution in [0.1, 0.15) is 18.9 Å². The molecule has 0 fully saturated rings. The minimum Gasteiger partial charge on any atom is -0.491 e. The van der Waals surface area contributed by atoms with Crippen LogP contribution in [0.3, 0.4) is 0 Å². The van der Waals surface area contributed by atoms with Crippen LogP contribution in [-0.2, 0) is 14.8 Å². The molecule has 0 aliphatic carbocycles. The average Bonchev–Trinajstić information content (AvgIpc) is 2.87. The Bertz CT molecular complexity index is 959. The third-order valence-electron chi connectivity index (χ3n) is 4.60. The summed E-state index contributed by atoms with van der Waals surface area (Å²) >= 11 is 0. The van der Waals surface area contributed by atoms with E-state index < -0.39 is 16.1 Å². The lowest BCUT2D eigenvalue weighted by Gasteiger charge is -2.20. The average molecular weight is 419 g/mol. The summed E-state index contributed by atoms with van der Waals surface area (Å²) < 4.78 is 37.2. The molecule has 1 heterocycles. The molecule has 0 unspecified atom stereocenters. The van der Waals surface area contributed by atoms with Crippen molar-refractivity contribution in [2.24, 2.45) is 0 Å². The van der Waals surface area contributed by atoms with Gasteiger partial charge in [-0.15, -0.1) is 0 Å². The number of carbonyl (C=O) groups is 1. The van der Waals surface area contributed by atoms with E-state index in [1.54, 1.807) is 24.3 Å². The predicted octanol–water partition coefficient (Wildman–Crippen LogP) is 2.50. The van der Waals surface area contributed by atoms with Crippen LogP contribution in [0.5, 0.6) is 11.5 Å². The van der Waals surface area contributed by atoms with E-state index in [0.29, 0.717) is 18.0 Å². The van der Waals surface area contributed by atoms with Gasteiger partial charge in [-0.05, 0) is 38.1 Å². The molecule has 0 radical (unpaired) electrons. The lowest BCUT2D eigenvalue weighted by Crippen LogP contribution is -2.45. The number of anilines is 1. The van der Waals surface area contributed by atoms with Crippen LogP contribution in [-0.4, -0.2) is 45.9 Å². The predicted molar refractivity (Wildman–Crippen MR) is 112 cm³/mol. The summed E-state index contributed by atoms with van der Waals surface area (Å²) in [5, 5.41) is 2.89. The fourth-order valence-electron chi connectivity index (χ4n) is 3.09. The normalized spacial score (nSPS) is 17.5. The van der Waals surface area contributed by atoms with E-state index >= 15 is 0 Å². The first-order valence-electron chi connectivity index (χ1n) is 9.47. The second-order valence-electron chi connectivity index (χ2n) is 7.23. The molecule has 1 aliphatic rings. The van der Waals surface area contributed by atoms with Gasteiger partial charge in [0.1, 0.15) is 18.1 Å². The molecular weight excluding hydrogens is 392 g/mol. The second kappa shape index (κ2) is 8.73. The number of nitrogens with one attached hydrogen (secondary N) is 1. The Morgan fingerprint density at radius 2 is 1.93 bits per heavy atom. The highest BCUT2D eigenvalue weighted by atomic mass is 32.2. The largest absolute Gasteiger partial charge is 0.491 e. The summed E-state index contributed by atoms with van der Waals surface area (Å²) in [6.45, 7) is 4.33. The van der Waals surface area contributed by atoms with Crippen LogP contribution in [0.15, 0.2) is 48.5 Å². The van der Waals surface area contributed by atoms with Crippen molar-refractivity contribution in [2.45, 2.75) is 32.4 Å². The topological polar surface area (TPSA) is 84.9 Å². The van der Waals surface area contributed by atoms with Gasteiger partial charge in [-0.2, -0.15) is 0 Å². The number of hydrogen-bond donors (Lipinski definition) is 1.